The number of nitrogens with one attached hydrogen (secondary N) is 1. The van der Waals surface area contributed by atoms with Gasteiger partial charge in [0.15, 0.2) is 0 Å². The number of methoxy groups -OCH3 is 1. The van der Waals surface area contributed by atoms with Crippen LogP contribution in [0.2, 0.25) is 0 Å². The predicted octanol–water partition coefficient (Wildman–Crippen LogP) is 4.15. The molecule has 2 aromatic carbocycles. The minimum atomic E-state index is -0.129. The summed E-state index contributed by atoms with van der Waals surface area (Å²) in [5.41, 5.74) is 1.50. The lowest BCUT2D eigenvalue weighted by Crippen LogP contribution is -2.09. The number of para-hydroxylation sites is 1. The summed E-state index contributed by atoms with van der Waals surface area (Å²) in [5, 5.41) is 2.89. The third kappa shape index (κ3) is 3.76. The van der Waals surface area contributed by atoms with Gasteiger partial charge in [-0.3, -0.25) is 14.6 Å². The molecule has 0 amide bonds. The average Bonchev–Trinajstić information content (AvgIpc) is 2.93. The van der Waals surface area contributed by atoms with Crippen LogP contribution in [-0.4, -0.2) is 16.9 Å². The molecule has 3 aromatic rings. The van der Waals surface area contributed by atoms with Crippen molar-refractivity contribution in [3.8, 4) is 17.4 Å². The van der Waals surface area contributed by atoms with Crippen LogP contribution >= 0.6 is 0 Å². The molecule has 0 unspecified atom stereocenters. The van der Waals surface area contributed by atoms with E-state index in [1.165, 1.54) is 0 Å². The van der Waals surface area contributed by atoms with Crippen molar-refractivity contribution in [2.75, 3.05) is 7.11 Å². The monoisotopic (exact) mass is 338 g/mol. The molecule has 130 valence electrons. The SMILES string of the molecule is COc1ccc(Cc2c(Oc3ccccc3)n(C(C)C)[nH]c2=O)cc1. The largest absolute Gasteiger partial charge is 0.497 e. The van der Waals surface area contributed by atoms with Crippen LogP contribution in [0.15, 0.2) is 59.4 Å². The second-order valence-corrected chi connectivity index (χ2v) is 6.13. The summed E-state index contributed by atoms with van der Waals surface area (Å²) in [6, 6.07) is 17.3. The summed E-state index contributed by atoms with van der Waals surface area (Å²) < 4.78 is 13.0. The molecule has 0 saturated heterocycles. The lowest BCUT2D eigenvalue weighted by atomic mass is 10.1. The molecule has 0 atom stereocenters. The maximum Gasteiger partial charge on any atom is 0.271 e. The maximum absolute atomic E-state index is 12.5. The lowest BCUT2D eigenvalue weighted by molar-refractivity contribution is 0.385. The average molecular weight is 338 g/mol. The first-order chi connectivity index (χ1) is 12.1. The van der Waals surface area contributed by atoms with E-state index < -0.39 is 0 Å². The van der Waals surface area contributed by atoms with Gasteiger partial charge in [-0.25, -0.2) is 0 Å². The van der Waals surface area contributed by atoms with Crippen LogP contribution in [0.4, 0.5) is 0 Å². The molecule has 5 heteroatoms. The van der Waals surface area contributed by atoms with Crippen LogP contribution in [0.1, 0.15) is 31.0 Å². The van der Waals surface area contributed by atoms with Crippen molar-refractivity contribution >= 4 is 0 Å². The Morgan fingerprint density at radius 1 is 1.00 bits per heavy atom. The molecule has 0 spiro atoms. The molecule has 3 rings (SSSR count). The molecule has 25 heavy (non-hydrogen) atoms. The third-order valence-corrected chi connectivity index (χ3v) is 3.99. The summed E-state index contributed by atoms with van der Waals surface area (Å²) >= 11 is 0. The normalized spacial score (nSPS) is 10.9. The number of H-pyrrole nitrogens is 1. The van der Waals surface area contributed by atoms with E-state index >= 15 is 0 Å². The van der Waals surface area contributed by atoms with Crippen LogP contribution < -0.4 is 15.0 Å². The van der Waals surface area contributed by atoms with E-state index in [1.807, 2.05) is 68.4 Å². The fraction of sp³-hybridized carbons (Fsp3) is 0.250. The molecule has 5 nitrogen and oxygen atoms in total. The Morgan fingerprint density at radius 3 is 2.28 bits per heavy atom. The number of hydrogen-bond acceptors (Lipinski definition) is 3. The fourth-order valence-corrected chi connectivity index (χ4v) is 2.65. The predicted molar refractivity (Wildman–Crippen MR) is 97.8 cm³/mol. The van der Waals surface area contributed by atoms with Crippen molar-refractivity contribution in [1.82, 2.24) is 9.78 Å². The van der Waals surface area contributed by atoms with Crippen molar-refractivity contribution < 1.29 is 9.47 Å². The molecular weight excluding hydrogens is 316 g/mol. The van der Waals surface area contributed by atoms with Gasteiger partial charge in [-0.1, -0.05) is 30.3 Å². The summed E-state index contributed by atoms with van der Waals surface area (Å²) in [6.45, 7) is 4.01. The van der Waals surface area contributed by atoms with Gasteiger partial charge in [-0.2, -0.15) is 0 Å². The van der Waals surface area contributed by atoms with Crippen molar-refractivity contribution in [3.05, 3.63) is 76.1 Å². The van der Waals surface area contributed by atoms with Gasteiger partial charge in [0.2, 0.25) is 5.88 Å². The quantitative estimate of drug-likeness (QED) is 0.734. The van der Waals surface area contributed by atoms with Gasteiger partial charge in [-0.15, -0.1) is 0 Å². The summed E-state index contributed by atoms with van der Waals surface area (Å²) in [4.78, 5) is 12.5. The van der Waals surface area contributed by atoms with Gasteiger partial charge in [0.1, 0.15) is 11.5 Å². The van der Waals surface area contributed by atoms with E-state index in [9.17, 15) is 4.79 Å². The maximum atomic E-state index is 12.5. The fourth-order valence-electron chi connectivity index (χ4n) is 2.65. The number of benzene rings is 2. The molecule has 0 aliphatic heterocycles. The Hall–Kier alpha value is -2.95. The van der Waals surface area contributed by atoms with Crippen molar-refractivity contribution in [3.63, 3.8) is 0 Å². The van der Waals surface area contributed by atoms with Crippen LogP contribution in [0.3, 0.4) is 0 Å². The first kappa shape index (κ1) is 16.9. The van der Waals surface area contributed by atoms with E-state index in [1.54, 1.807) is 11.8 Å². The number of rotatable bonds is 6. The van der Waals surface area contributed by atoms with Gasteiger partial charge < -0.3 is 9.47 Å². The molecule has 1 aromatic heterocycles. The van der Waals surface area contributed by atoms with Gasteiger partial charge in [-0.05, 0) is 43.7 Å². The summed E-state index contributed by atoms with van der Waals surface area (Å²) in [6.07, 6.45) is 0.487. The Balaban J connectivity index is 1.98. The summed E-state index contributed by atoms with van der Waals surface area (Å²) in [5.74, 6) is 2.05. The number of aromatic amines is 1. The second kappa shape index (κ2) is 7.30. The van der Waals surface area contributed by atoms with Gasteiger partial charge in [0, 0.05) is 12.5 Å². The zero-order chi connectivity index (χ0) is 17.8. The minimum absolute atomic E-state index is 0.0797. The lowest BCUT2D eigenvalue weighted by Gasteiger charge is -2.14. The molecule has 1 heterocycles. The Bertz CT molecular complexity index is 878. The zero-order valence-corrected chi connectivity index (χ0v) is 14.7. The first-order valence-corrected chi connectivity index (χ1v) is 8.27. The number of aromatic nitrogens is 2. The smallest absolute Gasteiger partial charge is 0.271 e. The standard InChI is InChI=1S/C20H22N2O3/c1-14(2)22-20(25-17-7-5-4-6-8-17)18(19(23)21-22)13-15-9-11-16(24-3)12-10-15/h4-12,14H,13H2,1-3H3,(H,21,23). The minimum Gasteiger partial charge on any atom is -0.497 e. The molecule has 0 fully saturated rings. The van der Waals surface area contributed by atoms with Crippen LogP contribution in [0, 0.1) is 0 Å². The van der Waals surface area contributed by atoms with Gasteiger partial charge in [0.05, 0.1) is 12.7 Å². The molecule has 0 radical (unpaired) electrons. The van der Waals surface area contributed by atoms with E-state index in [2.05, 4.69) is 5.10 Å². The number of ether oxygens (including phenoxy) is 2. The van der Waals surface area contributed by atoms with Crippen molar-refractivity contribution in [1.29, 1.82) is 0 Å². The first-order valence-electron chi connectivity index (χ1n) is 8.27. The van der Waals surface area contributed by atoms with Crippen LogP contribution in [-0.2, 0) is 6.42 Å². The third-order valence-electron chi connectivity index (χ3n) is 3.99. The summed E-state index contributed by atoms with van der Waals surface area (Å²) in [7, 11) is 1.63. The number of hydrogen-bond donors (Lipinski definition) is 1. The van der Waals surface area contributed by atoms with Crippen LogP contribution in [0.25, 0.3) is 0 Å². The highest BCUT2D eigenvalue weighted by Gasteiger charge is 2.19. The molecule has 0 bridgehead atoms. The van der Waals surface area contributed by atoms with E-state index in [-0.39, 0.29) is 11.6 Å². The molecule has 1 N–H and O–H groups in total. The van der Waals surface area contributed by atoms with Gasteiger partial charge >= 0.3 is 0 Å². The highest BCUT2D eigenvalue weighted by atomic mass is 16.5. The van der Waals surface area contributed by atoms with Crippen molar-refractivity contribution in [2.45, 2.75) is 26.3 Å². The van der Waals surface area contributed by atoms with Crippen LogP contribution in [0.5, 0.6) is 17.4 Å². The highest BCUT2D eigenvalue weighted by Crippen LogP contribution is 2.27. The van der Waals surface area contributed by atoms with E-state index in [4.69, 9.17) is 9.47 Å². The second-order valence-electron chi connectivity index (χ2n) is 6.13. The molecule has 0 aliphatic rings. The van der Waals surface area contributed by atoms with Crippen molar-refractivity contribution in [2.24, 2.45) is 0 Å². The molecule has 0 aliphatic carbocycles. The van der Waals surface area contributed by atoms with E-state index in [0.717, 1.165) is 11.3 Å². The Kier molecular flexibility index (Phi) is 4.93. The highest BCUT2D eigenvalue weighted by molar-refractivity contribution is 5.37. The zero-order valence-electron chi connectivity index (χ0n) is 14.7. The molecular formula is C20H22N2O3. The Morgan fingerprint density at radius 2 is 1.68 bits per heavy atom. The topological polar surface area (TPSA) is 56.2 Å². The van der Waals surface area contributed by atoms with E-state index in [0.29, 0.717) is 23.6 Å². The number of nitrogens with zero attached hydrogens (tertiary/aromatic N) is 1. The van der Waals surface area contributed by atoms with Gasteiger partial charge in [0.25, 0.3) is 5.56 Å². The Labute approximate surface area is 146 Å². The molecule has 0 saturated carbocycles.